The van der Waals surface area contributed by atoms with Crippen LogP contribution in [0.25, 0.3) is 66.1 Å². The summed E-state index contributed by atoms with van der Waals surface area (Å²) in [6, 6.07) is 87.4. The van der Waals surface area contributed by atoms with Crippen LogP contribution in [0.3, 0.4) is 0 Å². The molecule has 0 atom stereocenters. The Morgan fingerprint density at radius 3 is 1.60 bits per heavy atom. The summed E-state index contributed by atoms with van der Waals surface area (Å²) in [5.41, 5.74) is 20.1. The average molecular weight is 868 g/mol. The maximum atomic E-state index is 7.23. The summed E-state index contributed by atoms with van der Waals surface area (Å²) in [5.74, 6) is 1.86. The lowest BCUT2D eigenvalue weighted by Gasteiger charge is -2.40. The molecule has 0 fully saturated rings. The number of benzene rings is 11. The zero-order valence-electron chi connectivity index (χ0n) is 37.9. The van der Waals surface area contributed by atoms with Gasteiger partial charge in [0.25, 0.3) is 0 Å². The van der Waals surface area contributed by atoms with E-state index in [0.29, 0.717) is 0 Å². The molecule has 2 heteroatoms. The molecule has 14 rings (SSSR count). The molecule has 3 aliphatic rings. The third-order valence-electron chi connectivity index (χ3n) is 15.3. The highest BCUT2D eigenvalue weighted by molar-refractivity contribution is 6.01. The van der Waals surface area contributed by atoms with Crippen molar-refractivity contribution in [2.24, 2.45) is 0 Å². The lowest BCUT2D eigenvalue weighted by atomic mass is 9.65. The van der Waals surface area contributed by atoms with Gasteiger partial charge in [0.1, 0.15) is 11.5 Å². The molecule has 0 saturated heterocycles. The predicted octanol–water partition coefficient (Wildman–Crippen LogP) is 17.6. The monoisotopic (exact) mass is 867 g/mol. The van der Waals surface area contributed by atoms with Crippen LogP contribution in [0.4, 0.5) is 17.1 Å². The fourth-order valence-electron chi connectivity index (χ4n) is 12.2. The minimum atomic E-state index is -0.617. The van der Waals surface area contributed by atoms with Crippen molar-refractivity contribution < 1.29 is 4.74 Å². The molecule has 2 nitrogen and oxygen atoms in total. The van der Waals surface area contributed by atoms with Crippen molar-refractivity contribution in [1.82, 2.24) is 0 Å². The van der Waals surface area contributed by atoms with Crippen molar-refractivity contribution in [3.8, 4) is 56.0 Å². The van der Waals surface area contributed by atoms with E-state index in [0.717, 1.165) is 39.2 Å². The quantitative estimate of drug-likeness (QED) is 0.171. The lowest BCUT2D eigenvalue weighted by molar-refractivity contribution is 0.447. The maximum Gasteiger partial charge on any atom is 0.140 e. The molecule has 0 amide bonds. The summed E-state index contributed by atoms with van der Waals surface area (Å²) in [7, 11) is 0. The number of ether oxygens (including phenoxy) is 1. The SMILES string of the molecule is CC1(C)c2ccccc2-c2c(N(c3ccc(-c4ccc5c(c4)C4(c6ccccc6-5)c5ccc6ccccc6c5Oc5c4ccc4ccccc54)cc3)c3ccccc3-c3ccccc3)cccc21. The van der Waals surface area contributed by atoms with Crippen LogP contribution >= 0.6 is 0 Å². The molecule has 1 spiro atoms. The molecule has 2 aliphatic carbocycles. The highest BCUT2D eigenvalue weighted by Crippen LogP contribution is 2.64. The summed E-state index contributed by atoms with van der Waals surface area (Å²) in [5, 5.41) is 4.57. The lowest BCUT2D eigenvalue weighted by Crippen LogP contribution is -2.32. The van der Waals surface area contributed by atoms with Gasteiger partial charge in [-0.05, 0) is 96.7 Å². The summed E-state index contributed by atoms with van der Waals surface area (Å²) < 4.78 is 7.23. The highest BCUT2D eigenvalue weighted by Gasteiger charge is 2.52. The zero-order chi connectivity index (χ0) is 45.1. The summed E-state index contributed by atoms with van der Waals surface area (Å²) in [6.07, 6.45) is 0. The first-order valence-electron chi connectivity index (χ1n) is 23.8. The standard InChI is InChI=1S/C66H45NO/c1-65(2)54-26-13-11-25-53(54)62-56(65)28-16-30-61(62)67(60-29-15-12-21-48(60)43-17-4-3-5-18-43)47-36-31-42(32-37-47)46-33-38-52-51-24-10-14-27-55(51)66(59(52)41-46)57-39-34-44-19-6-8-22-49(44)63(57)68-64-50-23-9-7-20-45(50)35-40-58(64)66/h3-41H,1-2H3. The fourth-order valence-corrected chi connectivity index (χ4v) is 12.2. The predicted molar refractivity (Wildman–Crippen MR) is 282 cm³/mol. The molecule has 0 aromatic heterocycles. The van der Waals surface area contributed by atoms with E-state index >= 15 is 0 Å². The van der Waals surface area contributed by atoms with Gasteiger partial charge >= 0.3 is 0 Å². The Balaban J connectivity index is 0.973. The molecule has 11 aromatic rings. The Morgan fingerprint density at radius 2 is 0.882 bits per heavy atom. The van der Waals surface area contributed by atoms with Gasteiger partial charge in [-0.15, -0.1) is 0 Å². The van der Waals surface area contributed by atoms with E-state index < -0.39 is 5.41 Å². The number of nitrogens with zero attached hydrogens (tertiary/aromatic N) is 1. The van der Waals surface area contributed by atoms with E-state index in [2.05, 4.69) is 255 Å². The largest absolute Gasteiger partial charge is 0.455 e. The molecule has 0 radical (unpaired) electrons. The minimum absolute atomic E-state index is 0.132. The van der Waals surface area contributed by atoms with Gasteiger partial charge in [-0.1, -0.05) is 220 Å². The smallest absolute Gasteiger partial charge is 0.140 e. The first-order valence-corrected chi connectivity index (χ1v) is 23.8. The molecule has 0 unspecified atom stereocenters. The van der Waals surface area contributed by atoms with Gasteiger partial charge in [0.05, 0.1) is 16.8 Å². The van der Waals surface area contributed by atoms with Crippen molar-refractivity contribution >= 4 is 38.6 Å². The van der Waals surface area contributed by atoms with Crippen molar-refractivity contribution in [3.63, 3.8) is 0 Å². The molecule has 1 aliphatic heterocycles. The molecule has 0 bridgehead atoms. The van der Waals surface area contributed by atoms with Crippen LogP contribution in [0.15, 0.2) is 237 Å². The zero-order valence-corrected chi connectivity index (χ0v) is 37.9. The number of hydrogen-bond donors (Lipinski definition) is 0. The van der Waals surface area contributed by atoms with Gasteiger partial charge in [0.2, 0.25) is 0 Å². The van der Waals surface area contributed by atoms with Crippen LogP contribution in [0.2, 0.25) is 0 Å². The first-order chi connectivity index (χ1) is 33.5. The maximum absolute atomic E-state index is 7.23. The van der Waals surface area contributed by atoms with Crippen molar-refractivity contribution in [2.75, 3.05) is 4.90 Å². The van der Waals surface area contributed by atoms with Gasteiger partial charge in [-0.3, -0.25) is 0 Å². The number of anilines is 3. The van der Waals surface area contributed by atoms with Gasteiger partial charge in [0, 0.05) is 44.1 Å². The Kier molecular flexibility index (Phi) is 8.28. The van der Waals surface area contributed by atoms with Crippen molar-refractivity contribution in [2.45, 2.75) is 24.7 Å². The third kappa shape index (κ3) is 5.34. The van der Waals surface area contributed by atoms with Gasteiger partial charge in [-0.25, -0.2) is 0 Å². The number of para-hydroxylation sites is 1. The van der Waals surface area contributed by atoms with Crippen LogP contribution in [0, 0.1) is 0 Å². The molecular weight excluding hydrogens is 823 g/mol. The Hall–Kier alpha value is -8.46. The van der Waals surface area contributed by atoms with E-state index in [-0.39, 0.29) is 5.41 Å². The normalized spacial score (nSPS) is 14.1. The Labute approximate surface area is 397 Å². The molecule has 0 saturated carbocycles. The van der Waals surface area contributed by atoms with Crippen LogP contribution < -0.4 is 9.64 Å². The fraction of sp³-hybridized carbons (Fsp3) is 0.0606. The molecule has 1 heterocycles. The number of fused-ring (bicyclic) bond motifs is 16. The van der Waals surface area contributed by atoms with Crippen LogP contribution in [0.1, 0.15) is 47.2 Å². The van der Waals surface area contributed by atoms with E-state index in [4.69, 9.17) is 4.74 Å². The second-order valence-corrected chi connectivity index (χ2v) is 19.1. The Bertz CT molecular complexity index is 3780. The van der Waals surface area contributed by atoms with Crippen molar-refractivity contribution in [3.05, 3.63) is 270 Å². The molecular formula is C66H45NO. The average Bonchev–Trinajstić information content (AvgIpc) is 3.82. The first kappa shape index (κ1) is 38.8. The minimum Gasteiger partial charge on any atom is -0.455 e. The van der Waals surface area contributed by atoms with Crippen LogP contribution in [0.5, 0.6) is 11.5 Å². The third-order valence-corrected chi connectivity index (χ3v) is 15.3. The van der Waals surface area contributed by atoms with E-state index in [1.165, 1.54) is 88.8 Å². The van der Waals surface area contributed by atoms with Gasteiger partial charge in [-0.2, -0.15) is 0 Å². The van der Waals surface area contributed by atoms with Gasteiger partial charge in [0.15, 0.2) is 0 Å². The summed E-state index contributed by atoms with van der Waals surface area (Å²) in [4.78, 5) is 2.49. The van der Waals surface area contributed by atoms with Crippen molar-refractivity contribution in [1.29, 1.82) is 0 Å². The molecule has 0 N–H and O–H groups in total. The van der Waals surface area contributed by atoms with Gasteiger partial charge < -0.3 is 9.64 Å². The topological polar surface area (TPSA) is 12.5 Å². The summed E-state index contributed by atoms with van der Waals surface area (Å²) >= 11 is 0. The number of rotatable bonds is 5. The van der Waals surface area contributed by atoms with Crippen LogP contribution in [-0.2, 0) is 10.8 Å². The Morgan fingerprint density at radius 1 is 0.338 bits per heavy atom. The second kappa shape index (κ2) is 14.5. The second-order valence-electron chi connectivity index (χ2n) is 19.1. The summed E-state index contributed by atoms with van der Waals surface area (Å²) in [6.45, 7) is 4.72. The molecule has 11 aromatic carbocycles. The molecule has 68 heavy (non-hydrogen) atoms. The van der Waals surface area contributed by atoms with E-state index in [9.17, 15) is 0 Å². The van der Waals surface area contributed by atoms with Crippen LogP contribution in [-0.4, -0.2) is 0 Å². The number of hydrogen-bond acceptors (Lipinski definition) is 2. The van der Waals surface area contributed by atoms with E-state index in [1.807, 2.05) is 0 Å². The molecule has 320 valence electrons. The highest BCUT2D eigenvalue weighted by atomic mass is 16.5. The van der Waals surface area contributed by atoms with E-state index in [1.54, 1.807) is 0 Å².